The van der Waals surface area contributed by atoms with Crippen LogP contribution in [-0.2, 0) is 13.0 Å². The van der Waals surface area contributed by atoms with Crippen molar-refractivity contribution in [3.05, 3.63) is 42.2 Å². The molecule has 2 aromatic rings. The summed E-state index contributed by atoms with van der Waals surface area (Å²) in [6.07, 6.45) is 10.1. The molecule has 0 aliphatic heterocycles. The predicted octanol–water partition coefficient (Wildman–Crippen LogP) is 2.21. The normalized spacial score (nSPS) is 10.6. The number of nitrogens with zero attached hydrogens (tertiary/aromatic N) is 2. The molecule has 1 N–H and O–H groups in total. The maximum absolute atomic E-state index is 4.01. The highest BCUT2D eigenvalue weighted by atomic mass is 15.0. The molecule has 0 aliphatic rings. The lowest BCUT2D eigenvalue weighted by Gasteiger charge is -1.97. The lowest BCUT2D eigenvalue weighted by molar-refractivity contribution is 0.778. The van der Waals surface area contributed by atoms with Crippen LogP contribution in [0.4, 0.5) is 0 Å². The number of hydrogen-bond donors (Lipinski definition) is 1. The minimum absolute atomic E-state index is 0.879. The van der Waals surface area contributed by atoms with Gasteiger partial charge in [0.15, 0.2) is 0 Å². The Morgan fingerprint density at radius 2 is 2.43 bits per heavy atom. The topological polar surface area (TPSA) is 33.6 Å². The van der Waals surface area contributed by atoms with E-state index in [1.165, 1.54) is 17.7 Å². The lowest BCUT2D eigenvalue weighted by Crippen LogP contribution is -1.95. The first kappa shape index (κ1) is 9.06. The Bertz CT molecular complexity index is 373. The summed E-state index contributed by atoms with van der Waals surface area (Å²) in [5.41, 5.74) is 2.63. The molecule has 0 saturated carbocycles. The molecule has 0 spiro atoms. The van der Waals surface area contributed by atoms with Gasteiger partial charge in [0.25, 0.3) is 0 Å². The number of rotatable bonds is 4. The van der Waals surface area contributed by atoms with Crippen molar-refractivity contribution in [3.63, 3.8) is 0 Å². The highest BCUT2D eigenvalue weighted by molar-refractivity contribution is 5.17. The molecule has 0 bridgehead atoms. The van der Waals surface area contributed by atoms with Crippen molar-refractivity contribution in [2.24, 2.45) is 0 Å². The molecule has 3 nitrogen and oxygen atoms in total. The molecule has 0 saturated heterocycles. The molecule has 0 radical (unpaired) electrons. The maximum Gasteiger partial charge on any atom is 0.0949 e. The summed E-state index contributed by atoms with van der Waals surface area (Å²) < 4.78 is 2.06. The molecule has 2 aromatic heterocycles. The van der Waals surface area contributed by atoms with E-state index in [4.69, 9.17) is 0 Å². The molecule has 0 aliphatic carbocycles. The number of imidazole rings is 1. The molecule has 0 aromatic carbocycles. The highest BCUT2D eigenvalue weighted by Gasteiger charge is 1.98. The number of nitrogens with one attached hydrogen (secondary N) is 1. The molecule has 0 fully saturated rings. The van der Waals surface area contributed by atoms with Crippen LogP contribution in [0, 0.1) is 0 Å². The van der Waals surface area contributed by atoms with Crippen LogP contribution in [0.3, 0.4) is 0 Å². The van der Waals surface area contributed by atoms with Gasteiger partial charge in [-0.1, -0.05) is 13.3 Å². The second-order valence-corrected chi connectivity index (χ2v) is 3.52. The van der Waals surface area contributed by atoms with Crippen LogP contribution in [0.2, 0.25) is 0 Å². The second kappa shape index (κ2) is 4.13. The van der Waals surface area contributed by atoms with Crippen LogP contribution in [-0.4, -0.2) is 14.5 Å². The van der Waals surface area contributed by atoms with E-state index in [9.17, 15) is 0 Å². The Kier molecular flexibility index (Phi) is 2.68. The first-order valence-electron chi connectivity index (χ1n) is 5.00. The summed E-state index contributed by atoms with van der Waals surface area (Å²) in [6, 6.07) is 2.23. The third kappa shape index (κ3) is 2.05. The largest absolute Gasteiger partial charge is 0.363 e. The zero-order valence-electron chi connectivity index (χ0n) is 8.40. The standard InChI is InChI=1S/C11H15N3/c1-2-3-10-6-11(13-7-10)8-14-5-4-12-9-14/h4-7,9,13H,2-3,8H2,1H3. The van der Waals surface area contributed by atoms with Crippen LogP contribution < -0.4 is 0 Å². The van der Waals surface area contributed by atoms with Crippen LogP contribution >= 0.6 is 0 Å². The fraction of sp³-hybridized carbons (Fsp3) is 0.364. The maximum atomic E-state index is 4.01. The molecule has 3 heteroatoms. The summed E-state index contributed by atoms with van der Waals surface area (Å²) >= 11 is 0. The molecule has 0 amide bonds. The number of aromatic amines is 1. The molecule has 14 heavy (non-hydrogen) atoms. The van der Waals surface area contributed by atoms with Gasteiger partial charge in [0.05, 0.1) is 12.9 Å². The summed E-state index contributed by atoms with van der Waals surface area (Å²) in [4.78, 5) is 7.29. The first-order valence-corrected chi connectivity index (χ1v) is 5.00. The third-order valence-electron chi connectivity index (χ3n) is 2.25. The average Bonchev–Trinajstić information content (AvgIpc) is 2.79. The number of aryl methyl sites for hydroxylation is 1. The zero-order chi connectivity index (χ0) is 9.80. The van der Waals surface area contributed by atoms with Crippen molar-refractivity contribution < 1.29 is 0 Å². The van der Waals surface area contributed by atoms with Crippen LogP contribution in [0.1, 0.15) is 24.6 Å². The van der Waals surface area contributed by atoms with Gasteiger partial charge in [-0.05, 0) is 18.1 Å². The van der Waals surface area contributed by atoms with Gasteiger partial charge in [0.2, 0.25) is 0 Å². The molecule has 74 valence electrons. The van der Waals surface area contributed by atoms with Gasteiger partial charge in [-0.25, -0.2) is 4.98 Å². The molecule has 2 heterocycles. The summed E-state index contributed by atoms with van der Waals surface area (Å²) in [6.45, 7) is 3.08. The van der Waals surface area contributed by atoms with Crippen molar-refractivity contribution in [2.45, 2.75) is 26.3 Å². The molecule has 2 rings (SSSR count). The molecular weight excluding hydrogens is 174 g/mol. The van der Waals surface area contributed by atoms with E-state index in [1.807, 2.05) is 12.5 Å². The van der Waals surface area contributed by atoms with Gasteiger partial charge in [-0.15, -0.1) is 0 Å². The number of aromatic nitrogens is 3. The minimum atomic E-state index is 0.879. The van der Waals surface area contributed by atoms with E-state index in [-0.39, 0.29) is 0 Å². The third-order valence-corrected chi connectivity index (χ3v) is 2.25. The Morgan fingerprint density at radius 1 is 1.50 bits per heavy atom. The van der Waals surface area contributed by atoms with Gasteiger partial charge >= 0.3 is 0 Å². The summed E-state index contributed by atoms with van der Waals surface area (Å²) in [7, 11) is 0. The number of hydrogen-bond acceptors (Lipinski definition) is 1. The van der Waals surface area contributed by atoms with E-state index in [0.29, 0.717) is 0 Å². The van der Waals surface area contributed by atoms with Gasteiger partial charge in [0, 0.05) is 24.3 Å². The average molecular weight is 189 g/mol. The van der Waals surface area contributed by atoms with Gasteiger partial charge in [-0.3, -0.25) is 0 Å². The van der Waals surface area contributed by atoms with Crippen molar-refractivity contribution in [2.75, 3.05) is 0 Å². The summed E-state index contributed by atoms with van der Waals surface area (Å²) in [5, 5.41) is 0. The van der Waals surface area contributed by atoms with Gasteiger partial charge in [0.1, 0.15) is 0 Å². The monoisotopic (exact) mass is 189 g/mol. The lowest BCUT2D eigenvalue weighted by atomic mass is 10.2. The Hall–Kier alpha value is -1.51. The Balaban J connectivity index is 2.03. The summed E-state index contributed by atoms with van der Waals surface area (Å²) in [5.74, 6) is 0. The van der Waals surface area contributed by atoms with E-state index in [0.717, 1.165) is 13.0 Å². The van der Waals surface area contributed by atoms with E-state index in [2.05, 4.69) is 33.7 Å². The predicted molar refractivity (Wildman–Crippen MR) is 56.1 cm³/mol. The van der Waals surface area contributed by atoms with Crippen molar-refractivity contribution in [1.82, 2.24) is 14.5 Å². The molecular formula is C11H15N3. The second-order valence-electron chi connectivity index (χ2n) is 3.52. The Morgan fingerprint density at radius 3 is 3.14 bits per heavy atom. The quantitative estimate of drug-likeness (QED) is 0.786. The van der Waals surface area contributed by atoms with Gasteiger partial charge < -0.3 is 9.55 Å². The smallest absolute Gasteiger partial charge is 0.0949 e. The van der Waals surface area contributed by atoms with Crippen LogP contribution in [0.25, 0.3) is 0 Å². The van der Waals surface area contributed by atoms with E-state index < -0.39 is 0 Å². The van der Waals surface area contributed by atoms with Crippen LogP contribution in [0.15, 0.2) is 31.0 Å². The van der Waals surface area contributed by atoms with Gasteiger partial charge in [-0.2, -0.15) is 0 Å². The number of H-pyrrole nitrogens is 1. The van der Waals surface area contributed by atoms with Crippen molar-refractivity contribution >= 4 is 0 Å². The van der Waals surface area contributed by atoms with E-state index in [1.54, 1.807) is 6.20 Å². The Labute approximate surface area is 83.8 Å². The zero-order valence-corrected chi connectivity index (χ0v) is 8.40. The van der Waals surface area contributed by atoms with E-state index >= 15 is 0 Å². The highest BCUT2D eigenvalue weighted by Crippen LogP contribution is 2.07. The fourth-order valence-corrected chi connectivity index (χ4v) is 1.59. The SMILES string of the molecule is CCCc1c[nH]c(Cn2ccnc2)c1. The first-order chi connectivity index (χ1) is 6.88. The minimum Gasteiger partial charge on any atom is -0.363 e. The fourth-order valence-electron chi connectivity index (χ4n) is 1.59. The van der Waals surface area contributed by atoms with Crippen molar-refractivity contribution in [3.8, 4) is 0 Å². The van der Waals surface area contributed by atoms with Crippen molar-refractivity contribution in [1.29, 1.82) is 0 Å². The molecule has 0 atom stereocenters. The van der Waals surface area contributed by atoms with Crippen LogP contribution in [0.5, 0.6) is 0 Å². The molecule has 0 unspecified atom stereocenters.